The fraction of sp³-hybridized carbons (Fsp3) is 0.818. The van der Waals surface area contributed by atoms with Crippen molar-refractivity contribution in [1.29, 1.82) is 0 Å². The average Bonchev–Trinajstić information content (AvgIpc) is 2.90. The zero-order valence-corrected chi connectivity index (χ0v) is 10.8. The van der Waals surface area contributed by atoms with Gasteiger partial charge in [-0.15, -0.1) is 0 Å². The lowest BCUT2D eigenvalue weighted by Crippen LogP contribution is -2.37. The standard InChI is InChI=1S/C11H18N2O3S/c1-17-6-4-9-10(14)13(11(15)12-9)7-8-3-2-5-16-8/h8-9H,2-7H2,1H3,(H,12,15)/t8-,9-/m1/s1. The number of hydrogen-bond acceptors (Lipinski definition) is 4. The molecule has 0 saturated carbocycles. The Labute approximate surface area is 105 Å². The highest BCUT2D eigenvalue weighted by molar-refractivity contribution is 7.98. The van der Waals surface area contributed by atoms with Gasteiger partial charge in [-0.05, 0) is 31.3 Å². The summed E-state index contributed by atoms with van der Waals surface area (Å²) in [4.78, 5) is 25.0. The topological polar surface area (TPSA) is 58.6 Å². The Bertz CT molecular complexity index is 305. The number of amides is 3. The molecular weight excluding hydrogens is 240 g/mol. The minimum atomic E-state index is -0.337. The van der Waals surface area contributed by atoms with E-state index in [1.807, 2.05) is 6.26 Å². The Morgan fingerprint density at radius 1 is 1.53 bits per heavy atom. The predicted molar refractivity (Wildman–Crippen MR) is 66.0 cm³/mol. The molecule has 0 unspecified atom stereocenters. The lowest BCUT2D eigenvalue weighted by atomic mass is 10.2. The Balaban J connectivity index is 1.89. The van der Waals surface area contributed by atoms with Crippen LogP contribution in [-0.2, 0) is 9.53 Å². The molecule has 96 valence electrons. The summed E-state index contributed by atoms with van der Waals surface area (Å²) in [5, 5.41) is 2.73. The van der Waals surface area contributed by atoms with Crippen LogP contribution in [0.2, 0.25) is 0 Å². The first-order chi connectivity index (χ1) is 8.22. The fourth-order valence-corrected chi connectivity index (χ4v) is 2.64. The van der Waals surface area contributed by atoms with Crippen molar-refractivity contribution in [2.24, 2.45) is 0 Å². The van der Waals surface area contributed by atoms with Crippen LogP contribution in [0.1, 0.15) is 19.3 Å². The first-order valence-corrected chi connectivity index (χ1v) is 7.34. The summed E-state index contributed by atoms with van der Waals surface area (Å²) in [6.07, 6.45) is 4.68. The summed E-state index contributed by atoms with van der Waals surface area (Å²) in [6.45, 7) is 1.14. The van der Waals surface area contributed by atoms with E-state index in [0.717, 1.165) is 25.2 Å². The summed E-state index contributed by atoms with van der Waals surface area (Å²) < 4.78 is 5.45. The van der Waals surface area contributed by atoms with Gasteiger partial charge >= 0.3 is 6.03 Å². The van der Waals surface area contributed by atoms with Crippen LogP contribution in [-0.4, -0.2) is 54.1 Å². The largest absolute Gasteiger partial charge is 0.376 e. The molecule has 0 spiro atoms. The lowest BCUT2D eigenvalue weighted by molar-refractivity contribution is -0.128. The van der Waals surface area contributed by atoms with Crippen LogP contribution in [0.4, 0.5) is 4.79 Å². The van der Waals surface area contributed by atoms with Gasteiger partial charge in [-0.3, -0.25) is 9.69 Å². The van der Waals surface area contributed by atoms with E-state index in [1.165, 1.54) is 4.90 Å². The maximum atomic E-state index is 12.0. The Hall–Kier alpha value is -0.750. The van der Waals surface area contributed by atoms with Gasteiger partial charge in [0.15, 0.2) is 0 Å². The number of rotatable bonds is 5. The molecule has 0 bridgehead atoms. The van der Waals surface area contributed by atoms with E-state index in [2.05, 4.69) is 5.32 Å². The van der Waals surface area contributed by atoms with E-state index in [9.17, 15) is 9.59 Å². The van der Waals surface area contributed by atoms with Gasteiger partial charge in [0.25, 0.3) is 5.91 Å². The van der Waals surface area contributed by atoms with Gasteiger partial charge < -0.3 is 10.1 Å². The molecular formula is C11H18N2O3S. The monoisotopic (exact) mass is 258 g/mol. The number of hydrogen-bond donors (Lipinski definition) is 1. The van der Waals surface area contributed by atoms with Crippen molar-refractivity contribution in [1.82, 2.24) is 10.2 Å². The number of thioether (sulfide) groups is 1. The van der Waals surface area contributed by atoms with Crippen LogP contribution >= 0.6 is 11.8 Å². The van der Waals surface area contributed by atoms with E-state index in [1.54, 1.807) is 11.8 Å². The molecule has 2 rings (SSSR count). The number of carbonyl (C=O) groups excluding carboxylic acids is 2. The van der Waals surface area contributed by atoms with Gasteiger partial charge in [0.1, 0.15) is 6.04 Å². The van der Waals surface area contributed by atoms with Gasteiger partial charge in [-0.2, -0.15) is 11.8 Å². The Morgan fingerprint density at radius 2 is 2.35 bits per heavy atom. The minimum Gasteiger partial charge on any atom is -0.376 e. The van der Waals surface area contributed by atoms with Crippen molar-refractivity contribution in [2.45, 2.75) is 31.4 Å². The number of ether oxygens (including phenoxy) is 1. The van der Waals surface area contributed by atoms with Crippen LogP contribution in [0.25, 0.3) is 0 Å². The second-order valence-electron chi connectivity index (χ2n) is 4.37. The minimum absolute atomic E-state index is 0.0315. The zero-order valence-electron chi connectivity index (χ0n) is 9.98. The highest BCUT2D eigenvalue weighted by Gasteiger charge is 2.39. The lowest BCUT2D eigenvalue weighted by Gasteiger charge is -2.17. The van der Waals surface area contributed by atoms with Gasteiger partial charge in [0.05, 0.1) is 12.6 Å². The number of nitrogens with one attached hydrogen (secondary N) is 1. The number of urea groups is 1. The van der Waals surface area contributed by atoms with Crippen LogP contribution in [0.15, 0.2) is 0 Å². The van der Waals surface area contributed by atoms with Gasteiger partial charge in [0, 0.05) is 6.61 Å². The molecule has 2 atom stereocenters. The molecule has 2 fully saturated rings. The summed E-state index contributed by atoms with van der Waals surface area (Å²) >= 11 is 1.68. The zero-order chi connectivity index (χ0) is 12.3. The number of carbonyl (C=O) groups is 2. The maximum absolute atomic E-state index is 12.0. The highest BCUT2D eigenvalue weighted by atomic mass is 32.2. The van der Waals surface area contributed by atoms with Crippen LogP contribution < -0.4 is 5.32 Å². The molecule has 0 aromatic carbocycles. The normalized spacial score (nSPS) is 28.9. The third-order valence-electron chi connectivity index (χ3n) is 3.13. The SMILES string of the molecule is CSCC[C@H]1NC(=O)N(C[C@H]2CCCO2)C1=O. The van der Waals surface area contributed by atoms with Gasteiger partial charge in [-0.1, -0.05) is 0 Å². The molecule has 0 aromatic rings. The molecule has 1 N–H and O–H groups in total. The summed E-state index contributed by atoms with van der Waals surface area (Å²) in [6, 6.07) is -0.604. The molecule has 17 heavy (non-hydrogen) atoms. The molecule has 0 aliphatic carbocycles. The van der Waals surface area contributed by atoms with E-state index >= 15 is 0 Å². The van der Waals surface area contributed by atoms with Crippen LogP contribution in [0.5, 0.6) is 0 Å². The number of imide groups is 1. The number of nitrogens with zero attached hydrogens (tertiary/aromatic N) is 1. The summed E-state index contributed by atoms with van der Waals surface area (Å²) in [5.74, 6) is 0.782. The van der Waals surface area contributed by atoms with Crippen LogP contribution in [0.3, 0.4) is 0 Å². The first kappa shape index (κ1) is 12.7. The van der Waals surface area contributed by atoms with E-state index in [4.69, 9.17) is 4.74 Å². The third-order valence-corrected chi connectivity index (χ3v) is 3.77. The Morgan fingerprint density at radius 3 is 3.00 bits per heavy atom. The molecule has 0 radical (unpaired) electrons. The van der Waals surface area contributed by atoms with Crippen molar-refractivity contribution in [3.63, 3.8) is 0 Å². The smallest absolute Gasteiger partial charge is 0.324 e. The molecule has 2 saturated heterocycles. The van der Waals surface area contributed by atoms with Crippen LogP contribution in [0, 0.1) is 0 Å². The van der Waals surface area contributed by atoms with Crippen molar-refractivity contribution in [3.8, 4) is 0 Å². The average molecular weight is 258 g/mol. The predicted octanol–water partition coefficient (Wildman–Crippen LogP) is 0.839. The molecule has 2 heterocycles. The maximum Gasteiger partial charge on any atom is 0.324 e. The first-order valence-electron chi connectivity index (χ1n) is 5.95. The quantitative estimate of drug-likeness (QED) is 0.742. The van der Waals surface area contributed by atoms with E-state index in [0.29, 0.717) is 13.0 Å². The van der Waals surface area contributed by atoms with Crippen molar-refractivity contribution >= 4 is 23.7 Å². The van der Waals surface area contributed by atoms with Gasteiger partial charge in [0.2, 0.25) is 0 Å². The fourth-order valence-electron chi connectivity index (χ4n) is 2.17. The molecule has 2 aliphatic rings. The van der Waals surface area contributed by atoms with E-state index < -0.39 is 0 Å². The van der Waals surface area contributed by atoms with Crippen molar-refractivity contribution in [2.75, 3.05) is 25.2 Å². The highest BCUT2D eigenvalue weighted by Crippen LogP contribution is 2.17. The van der Waals surface area contributed by atoms with Crippen molar-refractivity contribution < 1.29 is 14.3 Å². The molecule has 6 heteroatoms. The van der Waals surface area contributed by atoms with Crippen molar-refractivity contribution in [3.05, 3.63) is 0 Å². The molecule has 0 aromatic heterocycles. The third kappa shape index (κ3) is 2.93. The summed E-state index contributed by atoms with van der Waals surface area (Å²) in [5.41, 5.74) is 0. The second kappa shape index (κ2) is 5.73. The molecule has 5 nitrogen and oxygen atoms in total. The molecule has 2 aliphatic heterocycles. The second-order valence-corrected chi connectivity index (χ2v) is 5.35. The Kier molecular flexibility index (Phi) is 4.28. The molecule has 3 amide bonds. The van der Waals surface area contributed by atoms with E-state index in [-0.39, 0.29) is 24.1 Å². The summed E-state index contributed by atoms with van der Waals surface area (Å²) in [7, 11) is 0. The van der Waals surface area contributed by atoms with Gasteiger partial charge in [-0.25, -0.2) is 4.79 Å².